The number of thiol groups is 1. The van der Waals surface area contributed by atoms with E-state index in [1.54, 1.807) is 20.8 Å². The minimum atomic E-state index is -1.08. The van der Waals surface area contributed by atoms with Crippen LogP contribution in [0.3, 0.4) is 0 Å². The number of hydrogen-bond acceptors (Lipinski definition) is 8. The number of halogens is 2. The average Bonchev–Trinajstić information content (AvgIpc) is 3.13. The molecule has 0 radical (unpaired) electrons. The predicted octanol–water partition coefficient (Wildman–Crippen LogP) is 4.42. The molecule has 2 heterocycles. The van der Waals surface area contributed by atoms with Crippen LogP contribution in [0.25, 0.3) is 0 Å². The highest BCUT2D eigenvalue weighted by atomic mass is 35.5. The number of aromatic nitrogens is 2. The first kappa shape index (κ1) is 25.3. The van der Waals surface area contributed by atoms with Crippen LogP contribution in [0.4, 0.5) is 9.18 Å². The first-order chi connectivity index (χ1) is 15.3. The third-order valence-corrected chi connectivity index (χ3v) is 5.60. The van der Waals surface area contributed by atoms with Gasteiger partial charge >= 0.3 is 6.09 Å². The number of rotatable bonds is 5. The smallest absolute Gasteiger partial charge is 0.411 e. The normalized spacial score (nSPS) is 20.9. The van der Waals surface area contributed by atoms with E-state index in [4.69, 9.17) is 37.7 Å². The number of ether oxygens (including phenoxy) is 2. The van der Waals surface area contributed by atoms with Crippen LogP contribution < -0.4 is 10.1 Å². The van der Waals surface area contributed by atoms with Gasteiger partial charge in [-0.2, -0.15) is 0 Å². The molecule has 2 N–H and O–H groups in total. The Morgan fingerprint density at radius 2 is 2.21 bits per heavy atom. The Hall–Kier alpha value is -2.31. The van der Waals surface area contributed by atoms with Gasteiger partial charge in [0.1, 0.15) is 28.1 Å². The molecule has 1 aliphatic rings. The Kier molecular flexibility index (Phi) is 7.59. The number of carbonyl (C=O) groups is 2. The predicted molar refractivity (Wildman–Crippen MR) is 123 cm³/mol. The molecule has 33 heavy (non-hydrogen) atoms. The summed E-state index contributed by atoms with van der Waals surface area (Å²) in [5, 5.41) is 9.30. The second-order valence-corrected chi connectivity index (χ2v) is 10.2. The summed E-state index contributed by atoms with van der Waals surface area (Å²) in [7, 11) is 0. The Morgan fingerprint density at radius 1 is 1.48 bits per heavy atom. The number of likely N-dealkylation sites (tertiary alicyclic amines) is 1. The monoisotopic (exact) mass is 518 g/mol. The number of aromatic amines is 1. The molecule has 13 heteroatoms. The summed E-state index contributed by atoms with van der Waals surface area (Å²) in [5.74, 6) is -0.766. The van der Waals surface area contributed by atoms with Gasteiger partial charge in [0.05, 0.1) is 11.6 Å². The van der Waals surface area contributed by atoms with Gasteiger partial charge in [0.25, 0.3) is 10.7 Å². The highest BCUT2D eigenvalue weighted by molar-refractivity contribution is 7.81. The van der Waals surface area contributed by atoms with Crippen LogP contribution in [0.5, 0.6) is 5.75 Å². The molecule has 0 spiro atoms. The van der Waals surface area contributed by atoms with Crippen LogP contribution in [0.1, 0.15) is 45.5 Å². The van der Waals surface area contributed by atoms with Crippen molar-refractivity contribution in [2.24, 2.45) is 0 Å². The number of nitrogens with one attached hydrogen (secondary N) is 2. The third kappa shape index (κ3) is 6.84. The molecular formula is C20H24ClFN4O5S2. The van der Waals surface area contributed by atoms with Crippen molar-refractivity contribution in [1.82, 2.24) is 20.4 Å². The van der Waals surface area contributed by atoms with Crippen molar-refractivity contribution in [3.63, 3.8) is 0 Å². The fourth-order valence-electron chi connectivity index (χ4n) is 3.27. The van der Waals surface area contributed by atoms with E-state index in [1.807, 2.05) is 0 Å². The van der Waals surface area contributed by atoms with Crippen LogP contribution >= 0.6 is 36.4 Å². The van der Waals surface area contributed by atoms with Gasteiger partial charge < -0.3 is 19.2 Å². The number of piperidine rings is 1. The zero-order chi connectivity index (χ0) is 24.4. The van der Waals surface area contributed by atoms with Crippen molar-refractivity contribution in [3.8, 4) is 5.75 Å². The lowest BCUT2D eigenvalue weighted by molar-refractivity contribution is -0.124. The van der Waals surface area contributed by atoms with Gasteiger partial charge in [-0.15, -0.1) is 17.7 Å². The van der Waals surface area contributed by atoms with Crippen molar-refractivity contribution in [3.05, 3.63) is 39.8 Å². The fraction of sp³-hybridized carbons (Fsp3) is 0.500. The number of benzene rings is 1. The molecule has 1 fully saturated rings. The van der Waals surface area contributed by atoms with Crippen LogP contribution in [-0.2, 0) is 9.53 Å². The maximum Gasteiger partial charge on any atom is 0.411 e. The second kappa shape index (κ2) is 9.90. The van der Waals surface area contributed by atoms with E-state index in [2.05, 4.69) is 28.1 Å². The van der Waals surface area contributed by atoms with E-state index in [0.29, 0.717) is 12.8 Å². The lowest BCUT2D eigenvalue weighted by Crippen LogP contribution is -2.58. The Balaban J connectivity index is 1.70. The molecule has 1 saturated heterocycles. The Labute approximate surface area is 205 Å². The highest BCUT2D eigenvalue weighted by Crippen LogP contribution is 2.37. The molecule has 9 nitrogen and oxygen atoms in total. The van der Waals surface area contributed by atoms with Crippen LogP contribution in [0.15, 0.2) is 22.6 Å². The number of carbonyl (C=O) groups excluding carboxylic acids is 2. The van der Waals surface area contributed by atoms with Gasteiger partial charge in [-0.25, -0.2) is 14.3 Å². The summed E-state index contributed by atoms with van der Waals surface area (Å²) >= 11 is 15.2. The minimum Gasteiger partial charge on any atom is -0.484 e. The van der Waals surface area contributed by atoms with Crippen molar-refractivity contribution in [1.29, 1.82) is 0 Å². The van der Waals surface area contributed by atoms with Gasteiger partial charge in [0.15, 0.2) is 6.61 Å². The van der Waals surface area contributed by atoms with Crippen molar-refractivity contribution in [2.75, 3.05) is 13.2 Å². The second-order valence-electron chi connectivity index (χ2n) is 8.56. The molecular weight excluding hydrogens is 495 g/mol. The topological polar surface area (TPSA) is 110 Å². The first-order valence-corrected chi connectivity index (χ1v) is 11.2. The summed E-state index contributed by atoms with van der Waals surface area (Å²) in [5.41, 5.74) is -0.741. The molecule has 1 aliphatic heterocycles. The Bertz CT molecular complexity index is 1090. The van der Waals surface area contributed by atoms with E-state index in [1.165, 1.54) is 17.0 Å². The van der Waals surface area contributed by atoms with E-state index in [0.717, 1.165) is 6.07 Å². The van der Waals surface area contributed by atoms with E-state index < -0.39 is 34.3 Å². The van der Waals surface area contributed by atoms with Crippen molar-refractivity contribution < 1.29 is 27.9 Å². The summed E-state index contributed by atoms with van der Waals surface area (Å²) in [6, 6.07) is 3.31. The molecule has 0 bridgehead atoms. The molecule has 2 aromatic rings. The maximum absolute atomic E-state index is 13.6. The number of amides is 2. The molecule has 0 saturated carbocycles. The zero-order valence-corrected chi connectivity index (χ0v) is 20.7. The lowest BCUT2D eigenvalue weighted by atomic mass is 9.97. The van der Waals surface area contributed by atoms with E-state index in [9.17, 15) is 14.0 Å². The summed E-state index contributed by atoms with van der Waals surface area (Å²) < 4.78 is 29.8. The van der Waals surface area contributed by atoms with Gasteiger partial charge in [0, 0.05) is 6.07 Å². The average molecular weight is 519 g/mol. The lowest BCUT2D eigenvalue weighted by Gasteiger charge is -2.43. The summed E-state index contributed by atoms with van der Waals surface area (Å²) in [4.78, 5) is 25.8. The van der Waals surface area contributed by atoms with Gasteiger partial charge in [-0.3, -0.25) is 9.69 Å². The molecule has 3 rings (SSSR count). The zero-order valence-electron chi connectivity index (χ0n) is 18.2. The number of H-pyrrole nitrogens is 1. The van der Waals surface area contributed by atoms with E-state index in [-0.39, 0.29) is 34.7 Å². The summed E-state index contributed by atoms with van der Waals surface area (Å²) in [6.07, 6.45) is 0.142. The quantitative estimate of drug-likeness (QED) is 0.305. The molecule has 2 atom stereocenters. The minimum absolute atomic E-state index is 0.00610. The molecule has 2 amide bonds. The van der Waals surface area contributed by atoms with Crippen molar-refractivity contribution >= 4 is 48.4 Å². The largest absolute Gasteiger partial charge is 0.484 e. The Morgan fingerprint density at radius 3 is 2.82 bits per heavy atom. The molecule has 180 valence electrons. The standard InChI is InChI=1S/C20H24ClFN4O5S2/c1-19(2,3)31-18(28)26-10-20(33,7-6-14(26)16-24-25-17(32)30-16)23-15(27)9-29-11-4-5-12(21)13(22)8-11/h4-5,8,14,33H,6-7,9-10H2,1-3H3,(H,23,27)(H,25,32)/t14-,20-/m1/s1. The molecule has 0 unspecified atom stereocenters. The number of nitrogens with zero attached hydrogens (tertiary/aromatic N) is 2. The molecule has 0 aliphatic carbocycles. The molecule has 1 aromatic carbocycles. The fourth-order valence-corrected chi connectivity index (χ4v) is 3.92. The maximum atomic E-state index is 13.6. The van der Waals surface area contributed by atoms with Crippen molar-refractivity contribution in [2.45, 2.75) is 50.1 Å². The van der Waals surface area contributed by atoms with E-state index >= 15 is 0 Å². The van der Waals surface area contributed by atoms with Gasteiger partial charge in [-0.05, 0) is 58.0 Å². The van der Waals surface area contributed by atoms with Crippen LogP contribution in [0.2, 0.25) is 5.02 Å². The van der Waals surface area contributed by atoms with Crippen LogP contribution in [-0.4, -0.2) is 50.7 Å². The first-order valence-electron chi connectivity index (χ1n) is 10.0. The highest BCUT2D eigenvalue weighted by Gasteiger charge is 2.44. The summed E-state index contributed by atoms with van der Waals surface area (Å²) in [6.45, 7) is 4.86. The SMILES string of the molecule is CC(C)(C)OC(=O)N1C[C@@](S)(NC(=O)COc2ccc(Cl)c(F)c2)CC[C@@H]1c1n[nH]c(=S)o1. The number of hydrogen-bond donors (Lipinski definition) is 3. The molecule has 1 aromatic heterocycles. The van der Waals surface area contributed by atoms with Gasteiger partial charge in [0.2, 0.25) is 5.89 Å². The van der Waals surface area contributed by atoms with Gasteiger partial charge in [-0.1, -0.05) is 11.6 Å². The third-order valence-electron chi connectivity index (χ3n) is 4.64. The van der Waals surface area contributed by atoms with Crippen LogP contribution in [0, 0.1) is 10.7 Å².